The van der Waals surface area contributed by atoms with Crippen LogP contribution in [-0.2, 0) is 0 Å². The highest BCUT2D eigenvalue weighted by molar-refractivity contribution is 6.30. The predicted molar refractivity (Wildman–Crippen MR) is 86.6 cm³/mol. The van der Waals surface area contributed by atoms with Gasteiger partial charge in [-0.3, -0.25) is 4.79 Å². The number of amides is 1. The van der Waals surface area contributed by atoms with E-state index in [9.17, 15) is 4.79 Å². The van der Waals surface area contributed by atoms with E-state index in [0.29, 0.717) is 41.4 Å². The molecule has 0 bridgehead atoms. The molecule has 1 amide bonds. The standard InChI is InChI=1S/C17H16ClN3O2/c18-13-5-3-12(4-6-13)15-19-9-14-16(20-15)23-8-7-21(17(14)22)10-11-1-2-11/h3-6,9,11H,1-2,7-8,10H2. The fourth-order valence-electron chi connectivity index (χ4n) is 2.67. The molecular formula is C17H16ClN3O2. The largest absolute Gasteiger partial charge is 0.475 e. The summed E-state index contributed by atoms with van der Waals surface area (Å²) in [4.78, 5) is 23.3. The van der Waals surface area contributed by atoms with E-state index in [1.165, 1.54) is 12.8 Å². The Labute approximate surface area is 139 Å². The molecule has 1 fully saturated rings. The second kappa shape index (κ2) is 5.81. The van der Waals surface area contributed by atoms with Crippen molar-refractivity contribution in [3.05, 3.63) is 41.0 Å². The van der Waals surface area contributed by atoms with Crippen LogP contribution in [0.25, 0.3) is 11.4 Å². The molecule has 1 aliphatic carbocycles. The van der Waals surface area contributed by atoms with Gasteiger partial charge in [0.15, 0.2) is 5.82 Å². The first-order valence-corrected chi connectivity index (χ1v) is 8.13. The number of carbonyl (C=O) groups excluding carboxylic acids is 1. The Kier molecular flexibility index (Phi) is 3.65. The van der Waals surface area contributed by atoms with E-state index in [-0.39, 0.29) is 5.91 Å². The molecule has 2 aliphatic rings. The van der Waals surface area contributed by atoms with Gasteiger partial charge in [0.25, 0.3) is 5.91 Å². The number of benzene rings is 1. The number of hydrogen-bond acceptors (Lipinski definition) is 4. The molecule has 23 heavy (non-hydrogen) atoms. The third-order valence-corrected chi connectivity index (χ3v) is 4.40. The molecule has 2 heterocycles. The zero-order valence-electron chi connectivity index (χ0n) is 12.5. The number of aromatic nitrogens is 2. The van der Waals surface area contributed by atoms with Crippen molar-refractivity contribution >= 4 is 17.5 Å². The second-order valence-corrected chi connectivity index (χ2v) is 6.40. The van der Waals surface area contributed by atoms with Crippen LogP contribution < -0.4 is 4.74 Å². The van der Waals surface area contributed by atoms with Crippen molar-refractivity contribution in [2.45, 2.75) is 12.8 Å². The first-order valence-electron chi connectivity index (χ1n) is 7.76. The molecule has 1 aromatic carbocycles. The van der Waals surface area contributed by atoms with Crippen molar-refractivity contribution in [3.63, 3.8) is 0 Å². The van der Waals surface area contributed by atoms with Crippen molar-refractivity contribution in [1.82, 2.24) is 14.9 Å². The lowest BCUT2D eigenvalue weighted by molar-refractivity contribution is 0.0747. The third-order valence-electron chi connectivity index (χ3n) is 4.15. The normalized spacial score (nSPS) is 17.4. The summed E-state index contributed by atoms with van der Waals surface area (Å²) in [7, 11) is 0. The van der Waals surface area contributed by atoms with E-state index >= 15 is 0 Å². The maximum absolute atomic E-state index is 12.6. The molecule has 2 aromatic rings. The predicted octanol–water partition coefficient (Wildman–Crippen LogP) is 3.04. The number of fused-ring (bicyclic) bond motifs is 1. The van der Waals surface area contributed by atoms with Gasteiger partial charge in [0.05, 0.1) is 6.54 Å². The van der Waals surface area contributed by atoms with Gasteiger partial charge in [-0.05, 0) is 43.0 Å². The first-order chi connectivity index (χ1) is 11.2. The monoisotopic (exact) mass is 329 g/mol. The number of ether oxygens (including phenoxy) is 1. The molecule has 4 rings (SSSR count). The number of carbonyl (C=O) groups is 1. The van der Waals surface area contributed by atoms with Gasteiger partial charge < -0.3 is 9.64 Å². The molecule has 118 valence electrons. The molecule has 5 nitrogen and oxygen atoms in total. The number of nitrogens with zero attached hydrogens (tertiary/aromatic N) is 3. The first kappa shape index (κ1) is 14.5. The number of rotatable bonds is 3. The Bertz CT molecular complexity index is 744. The van der Waals surface area contributed by atoms with Gasteiger partial charge in [0.1, 0.15) is 12.2 Å². The molecule has 0 atom stereocenters. The Morgan fingerprint density at radius 3 is 2.78 bits per heavy atom. The summed E-state index contributed by atoms with van der Waals surface area (Å²) >= 11 is 5.90. The molecular weight excluding hydrogens is 314 g/mol. The topological polar surface area (TPSA) is 55.3 Å². The van der Waals surface area contributed by atoms with Crippen LogP contribution in [0.5, 0.6) is 5.88 Å². The summed E-state index contributed by atoms with van der Waals surface area (Å²) in [5.74, 6) is 1.51. The highest BCUT2D eigenvalue weighted by atomic mass is 35.5. The summed E-state index contributed by atoms with van der Waals surface area (Å²) < 4.78 is 5.70. The van der Waals surface area contributed by atoms with Crippen molar-refractivity contribution in [2.75, 3.05) is 19.7 Å². The number of halogens is 1. The SMILES string of the molecule is O=C1c2cnc(-c3ccc(Cl)cc3)nc2OCCN1CC1CC1. The van der Waals surface area contributed by atoms with E-state index in [0.717, 1.165) is 12.1 Å². The third kappa shape index (κ3) is 3.01. The van der Waals surface area contributed by atoms with Crippen molar-refractivity contribution in [2.24, 2.45) is 5.92 Å². The zero-order chi connectivity index (χ0) is 15.8. The Morgan fingerprint density at radius 2 is 2.04 bits per heavy atom. The van der Waals surface area contributed by atoms with E-state index in [2.05, 4.69) is 9.97 Å². The minimum absolute atomic E-state index is 0.0351. The lowest BCUT2D eigenvalue weighted by Crippen LogP contribution is -2.34. The molecule has 1 aliphatic heterocycles. The fraction of sp³-hybridized carbons (Fsp3) is 0.353. The van der Waals surface area contributed by atoms with Crippen LogP contribution in [0.1, 0.15) is 23.2 Å². The van der Waals surface area contributed by atoms with Gasteiger partial charge in [-0.25, -0.2) is 4.98 Å². The lowest BCUT2D eigenvalue weighted by atomic mass is 10.2. The highest BCUT2D eigenvalue weighted by Crippen LogP contribution is 2.31. The van der Waals surface area contributed by atoms with Crippen LogP contribution in [0.2, 0.25) is 5.02 Å². The van der Waals surface area contributed by atoms with E-state index in [4.69, 9.17) is 16.3 Å². The summed E-state index contributed by atoms with van der Waals surface area (Å²) in [6.07, 6.45) is 3.99. The van der Waals surface area contributed by atoms with Gasteiger partial charge in [-0.15, -0.1) is 0 Å². The van der Waals surface area contributed by atoms with E-state index in [1.54, 1.807) is 18.3 Å². The van der Waals surface area contributed by atoms with Gasteiger partial charge in [0, 0.05) is 23.3 Å². The summed E-state index contributed by atoms with van der Waals surface area (Å²) in [6, 6.07) is 7.27. The Morgan fingerprint density at radius 1 is 1.26 bits per heavy atom. The highest BCUT2D eigenvalue weighted by Gasteiger charge is 2.31. The quantitative estimate of drug-likeness (QED) is 0.868. The van der Waals surface area contributed by atoms with Crippen molar-refractivity contribution in [1.29, 1.82) is 0 Å². The van der Waals surface area contributed by atoms with Gasteiger partial charge in [0.2, 0.25) is 5.88 Å². The lowest BCUT2D eigenvalue weighted by Gasteiger charge is -2.19. The van der Waals surface area contributed by atoms with Crippen LogP contribution in [0.3, 0.4) is 0 Å². The molecule has 1 aromatic heterocycles. The summed E-state index contributed by atoms with van der Waals surface area (Å²) in [5.41, 5.74) is 1.29. The molecule has 0 spiro atoms. The average Bonchev–Trinajstić information content (AvgIpc) is 3.38. The average molecular weight is 330 g/mol. The van der Waals surface area contributed by atoms with Crippen LogP contribution in [0, 0.1) is 5.92 Å². The zero-order valence-corrected chi connectivity index (χ0v) is 13.3. The smallest absolute Gasteiger partial charge is 0.261 e. The van der Waals surface area contributed by atoms with Crippen LogP contribution in [0.15, 0.2) is 30.5 Å². The van der Waals surface area contributed by atoms with Gasteiger partial charge in [-0.2, -0.15) is 4.98 Å². The van der Waals surface area contributed by atoms with E-state index < -0.39 is 0 Å². The summed E-state index contributed by atoms with van der Waals surface area (Å²) in [6.45, 7) is 1.87. The molecule has 1 saturated carbocycles. The van der Waals surface area contributed by atoms with Gasteiger partial charge >= 0.3 is 0 Å². The molecule has 0 saturated heterocycles. The maximum atomic E-state index is 12.6. The molecule has 0 unspecified atom stereocenters. The Hall–Kier alpha value is -2.14. The van der Waals surface area contributed by atoms with Crippen LogP contribution >= 0.6 is 11.6 Å². The van der Waals surface area contributed by atoms with Crippen molar-refractivity contribution in [3.8, 4) is 17.3 Å². The molecule has 0 N–H and O–H groups in total. The number of hydrogen-bond donors (Lipinski definition) is 0. The van der Waals surface area contributed by atoms with E-state index in [1.807, 2.05) is 17.0 Å². The second-order valence-electron chi connectivity index (χ2n) is 5.96. The fourth-order valence-corrected chi connectivity index (χ4v) is 2.80. The molecule has 0 radical (unpaired) electrons. The minimum atomic E-state index is -0.0351. The van der Waals surface area contributed by atoms with Crippen LogP contribution in [0.4, 0.5) is 0 Å². The Balaban J connectivity index is 1.64. The maximum Gasteiger partial charge on any atom is 0.261 e. The van der Waals surface area contributed by atoms with Crippen molar-refractivity contribution < 1.29 is 9.53 Å². The van der Waals surface area contributed by atoms with Gasteiger partial charge in [-0.1, -0.05) is 11.6 Å². The molecule has 6 heteroatoms. The minimum Gasteiger partial charge on any atom is -0.475 e. The van der Waals surface area contributed by atoms with Crippen LogP contribution in [-0.4, -0.2) is 40.5 Å². The summed E-state index contributed by atoms with van der Waals surface area (Å²) in [5, 5.41) is 0.658.